The van der Waals surface area contributed by atoms with Crippen LogP contribution in [0.2, 0.25) is 17.8 Å². The lowest BCUT2D eigenvalue weighted by Crippen LogP contribution is -2.37. The van der Waals surface area contributed by atoms with Crippen molar-refractivity contribution in [2.24, 2.45) is 0 Å². The van der Waals surface area contributed by atoms with E-state index in [4.69, 9.17) is 16.9 Å². The molecule has 1 aliphatic rings. The molecule has 0 unspecified atom stereocenters. The van der Waals surface area contributed by atoms with E-state index >= 15 is 0 Å². The zero-order chi connectivity index (χ0) is 22.9. The molecule has 1 fully saturated rings. The number of fused-ring (bicyclic) bond motifs is 1. The summed E-state index contributed by atoms with van der Waals surface area (Å²) in [6.45, 7) is 0.615. The van der Waals surface area contributed by atoms with E-state index in [1.165, 1.54) is 24.4 Å². The van der Waals surface area contributed by atoms with Crippen LogP contribution in [-0.2, 0) is 6.18 Å². The number of aldehydes is 1. The number of aromatic nitrogens is 2. The minimum absolute atomic E-state index is 0.0656. The number of nitrogens with one attached hydrogen (secondary N) is 1. The highest BCUT2D eigenvalue weighted by Crippen LogP contribution is 2.40. The molecule has 1 saturated heterocycles. The maximum atomic E-state index is 13.9. The normalized spacial score (nSPS) is 14.3. The summed E-state index contributed by atoms with van der Waals surface area (Å²) in [5.41, 5.74) is 0.497. The molecule has 4 rings (SSSR count). The van der Waals surface area contributed by atoms with E-state index < -0.39 is 11.7 Å². The van der Waals surface area contributed by atoms with Gasteiger partial charge >= 0.3 is 6.18 Å². The summed E-state index contributed by atoms with van der Waals surface area (Å²) < 4.78 is 41.7. The fourth-order valence-corrected chi connectivity index (χ4v) is 3.94. The molecule has 1 aliphatic heterocycles. The van der Waals surface area contributed by atoms with Crippen LogP contribution in [0.5, 0.6) is 0 Å². The number of nitrogens with zero attached hydrogens (tertiary/aromatic N) is 4. The van der Waals surface area contributed by atoms with E-state index in [-0.39, 0.29) is 40.0 Å². The Morgan fingerprint density at radius 1 is 1.22 bits per heavy atom. The highest BCUT2D eigenvalue weighted by Gasteiger charge is 2.36. The van der Waals surface area contributed by atoms with Crippen molar-refractivity contribution in [1.29, 1.82) is 5.26 Å². The third-order valence-corrected chi connectivity index (χ3v) is 5.64. The number of halogens is 4. The molecule has 0 radical (unpaired) electrons. The maximum absolute atomic E-state index is 13.9. The smallest absolute Gasteiger partial charge is 0.372 e. The molecule has 32 heavy (non-hydrogen) atoms. The fourth-order valence-electron chi connectivity index (χ4n) is 3.79. The Hall–Kier alpha value is -3.32. The van der Waals surface area contributed by atoms with Crippen LogP contribution in [-0.4, -0.2) is 36.1 Å². The van der Waals surface area contributed by atoms with Gasteiger partial charge in [0.1, 0.15) is 10.7 Å². The number of benzene rings is 1. The van der Waals surface area contributed by atoms with Crippen molar-refractivity contribution in [3.05, 3.63) is 52.8 Å². The first kappa shape index (κ1) is 21.9. The minimum Gasteiger partial charge on any atom is -0.372 e. The lowest BCUT2D eigenvalue weighted by molar-refractivity contribution is -0.137. The largest absolute Gasteiger partial charge is 0.418 e. The molecule has 0 saturated carbocycles. The number of carbonyl (C=O) groups is 1. The predicted molar refractivity (Wildman–Crippen MR) is 118 cm³/mol. The van der Waals surface area contributed by atoms with E-state index in [1.54, 1.807) is 11.0 Å². The molecule has 0 aliphatic carbocycles. The van der Waals surface area contributed by atoms with Crippen molar-refractivity contribution >= 4 is 52.7 Å². The van der Waals surface area contributed by atoms with Crippen molar-refractivity contribution in [3.8, 4) is 5.97 Å². The first-order valence-electron chi connectivity index (χ1n) is 9.83. The lowest BCUT2D eigenvalue weighted by atomic mass is 9.45. The third-order valence-electron chi connectivity index (χ3n) is 5.42. The van der Waals surface area contributed by atoms with Crippen LogP contribution < -0.4 is 10.2 Å². The summed E-state index contributed by atoms with van der Waals surface area (Å²) in [6, 6.07) is 7.08. The van der Waals surface area contributed by atoms with Crippen molar-refractivity contribution in [1.82, 2.24) is 9.97 Å². The molecule has 1 N–H and O–H groups in total. The molecule has 3 aromatic rings. The van der Waals surface area contributed by atoms with Crippen LogP contribution in [0.25, 0.3) is 11.0 Å². The number of alkyl halides is 3. The van der Waals surface area contributed by atoms with Gasteiger partial charge in [0.25, 0.3) is 6.71 Å². The number of anilines is 3. The molecule has 6 nitrogen and oxygen atoms in total. The summed E-state index contributed by atoms with van der Waals surface area (Å²) in [5, 5.41) is 12.1. The molecular weight excluding hydrogens is 442 g/mol. The van der Waals surface area contributed by atoms with E-state index in [9.17, 15) is 18.0 Å². The first-order chi connectivity index (χ1) is 15.3. The van der Waals surface area contributed by atoms with Crippen molar-refractivity contribution in [2.45, 2.75) is 18.8 Å². The molecule has 162 valence electrons. The Balaban J connectivity index is 1.74. The van der Waals surface area contributed by atoms with Crippen molar-refractivity contribution in [2.75, 3.05) is 23.3 Å². The van der Waals surface area contributed by atoms with Gasteiger partial charge in [0.15, 0.2) is 6.29 Å². The second-order valence-electron chi connectivity index (χ2n) is 7.45. The van der Waals surface area contributed by atoms with E-state index in [0.717, 1.165) is 6.07 Å². The Labute approximate surface area is 187 Å². The van der Waals surface area contributed by atoms with Crippen molar-refractivity contribution < 1.29 is 18.0 Å². The van der Waals surface area contributed by atoms with E-state index in [2.05, 4.69) is 21.3 Å². The van der Waals surface area contributed by atoms with Gasteiger partial charge in [-0.15, -0.1) is 0 Å². The number of carbonyl (C=O) groups excluding carboxylic acids is 1. The van der Waals surface area contributed by atoms with E-state index in [0.29, 0.717) is 37.5 Å². The van der Waals surface area contributed by atoms with Crippen LogP contribution >= 0.6 is 11.6 Å². The number of hydrogen-bond acceptors (Lipinski definition) is 6. The Kier molecular flexibility index (Phi) is 5.93. The molecule has 1 aromatic carbocycles. The lowest BCUT2D eigenvalue weighted by Gasteiger charge is -2.32. The van der Waals surface area contributed by atoms with Crippen LogP contribution in [0, 0.1) is 11.2 Å². The second-order valence-corrected chi connectivity index (χ2v) is 7.84. The molecule has 0 spiro atoms. The SMILES string of the molecule is N#CB1CCN(c2ccc(Nc3c(C=O)cnc4ccc(Cl)nc34)cc2C(F)(F)F)CC1. The zero-order valence-electron chi connectivity index (χ0n) is 16.7. The molecule has 0 amide bonds. The number of hydrogen-bond donors (Lipinski definition) is 1. The topological polar surface area (TPSA) is 81.9 Å². The maximum Gasteiger partial charge on any atom is 0.418 e. The quantitative estimate of drug-likeness (QED) is 0.328. The average molecular weight is 458 g/mol. The van der Waals surface area contributed by atoms with Crippen LogP contribution in [0.15, 0.2) is 36.5 Å². The number of nitriles is 1. The van der Waals surface area contributed by atoms with Crippen LogP contribution in [0.1, 0.15) is 15.9 Å². The van der Waals surface area contributed by atoms with Gasteiger partial charge in [-0.25, -0.2) is 10.2 Å². The number of rotatable bonds is 4. The van der Waals surface area contributed by atoms with Gasteiger partial charge in [-0.1, -0.05) is 11.6 Å². The van der Waals surface area contributed by atoms with Gasteiger partial charge in [-0.3, -0.25) is 9.78 Å². The Morgan fingerprint density at radius 2 is 1.97 bits per heavy atom. The summed E-state index contributed by atoms with van der Waals surface area (Å²) >= 11 is 5.97. The summed E-state index contributed by atoms with van der Waals surface area (Å²) in [4.78, 5) is 21.5. The Bertz CT molecular complexity index is 1220. The molecule has 0 bridgehead atoms. The summed E-state index contributed by atoms with van der Waals surface area (Å²) in [6.07, 6.45) is -1.67. The van der Waals surface area contributed by atoms with Gasteiger partial charge in [-0.05, 0) is 43.0 Å². The minimum atomic E-state index is -4.59. The fraction of sp³-hybridized carbons (Fsp3) is 0.238. The zero-order valence-corrected chi connectivity index (χ0v) is 17.4. The van der Waals surface area contributed by atoms with Gasteiger partial charge in [0, 0.05) is 36.6 Å². The van der Waals surface area contributed by atoms with Gasteiger partial charge in [0.2, 0.25) is 0 Å². The molecule has 11 heteroatoms. The average Bonchev–Trinajstić information content (AvgIpc) is 2.79. The van der Waals surface area contributed by atoms with E-state index in [1.807, 2.05) is 0 Å². The molecular formula is C21H16BClF3N5O. The third kappa shape index (κ3) is 4.34. The van der Waals surface area contributed by atoms with Crippen LogP contribution in [0.4, 0.5) is 30.2 Å². The monoisotopic (exact) mass is 457 g/mol. The molecule has 2 aromatic heterocycles. The van der Waals surface area contributed by atoms with Gasteiger partial charge in [0.05, 0.1) is 22.3 Å². The molecule has 0 atom stereocenters. The van der Waals surface area contributed by atoms with Crippen molar-refractivity contribution in [3.63, 3.8) is 0 Å². The first-order valence-corrected chi connectivity index (χ1v) is 10.2. The Morgan fingerprint density at radius 3 is 2.62 bits per heavy atom. The standard InChI is InChI=1S/C21H16BClF3N5O/c23-18-4-2-16-20(30-18)19(13(11-32)10-28-16)29-14-1-3-17(15(9-14)21(24,25)26)31-7-5-22(12-27)6-8-31/h1-4,9-11H,5-8H2,(H,28,29). The summed E-state index contributed by atoms with van der Waals surface area (Å²) in [5.74, 6) is 2.18. The van der Waals surface area contributed by atoms with Crippen LogP contribution in [0.3, 0.4) is 0 Å². The highest BCUT2D eigenvalue weighted by atomic mass is 35.5. The molecule has 3 heterocycles. The second kappa shape index (κ2) is 8.67. The summed E-state index contributed by atoms with van der Waals surface area (Å²) in [7, 11) is 0. The predicted octanol–water partition coefficient (Wildman–Crippen LogP) is 5.24. The number of pyridine rings is 2. The highest BCUT2D eigenvalue weighted by molar-refractivity contribution is 6.67. The van der Waals surface area contributed by atoms with Gasteiger partial charge in [-0.2, -0.15) is 13.2 Å². The van der Waals surface area contributed by atoms with Gasteiger partial charge < -0.3 is 10.2 Å².